The maximum absolute atomic E-state index is 13.4. The molecule has 1 N–H and O–H groups in total. The van der Waals surface area contributed by atoms with Crippen molar-refractivity contribution in [3.63, 3.8) is 0 Å². The first-order valence-electron chi connectivity index (χ1n) is 9.70. The lowest BCUT2D eigenvalue weighted by molar-refractivity contribution is -0.123. The Balaban J connectivity index is 1.60. The summed E-state index contributed by atoms with van der Waals surface area (Å²) < 4.78 is 18.8. The maximum Gasteiger partial charge on any atom is 0.234 e. The van der Waals surface area contributed by atoms with Gasteiger partial charge >= 0.3 is 0 Å². The molecule has 0 bridgehead atoms. The monoisotopic (exact) mass is 374 g/mol. The Morgan fingerprint density at radius 2 is 2.22 bits per heavy atom. The number of benzene rings is 1. The third kappa shape index (κ3) is 5.13. The van der Waals surface area contributed by atoms with Gasteiger partial charge in [-0.1, -0.05) is 31.1 Å². The van der Waals surface area contributed by atoms with Crippen LogP contribution in [-0.4, -0.2) is 46.6 Å². The second-order valence-electron chi connectivity index (χ2n) is 7.12. The Morgan fingerprint density at radius 3 is 2.96 bits per heavy atom. The van der Waals surface area contributed by atoms with E-state index in [-0.39, 0.29) is 23.7 Å². The minimum atomic E-state index is -0.328. The molecule has 1 fully saturated rings. The smallest absolute Gasteiger partial charge is 0.234 e. The molecule has 1 atom stereocenters. The maximum atomic E-state index is 13.4. The fourth-order valence-electron chi connectivity index (χ4n) is 3.52. The van der Waals surface area contributed by atoms with Crippen LogP contribution in [0.2, 0.25) is 0 Å². The van der Waals surface area contributed by atoms with Gasteiger partial charge in [0.1, 0.15) is 5.82 Å². The van der Waals surface area contributed by atoms with Crippen molar-refractivity contribution in [3.8, 4) is 11.4 Å². The van der Waals surface area contributed by atoms with Gasteiger partial charge in [0.2, 0.25) is 17.6 Å². The number of likely N-dealkylation sites (tertiary alicyclic amines) is 1. The summed E-state index contributed by atoms with van der Waals surface area (Å²) in [5.74, 6) is 0.781. The first-order chi connectivity index (χ1) is 13.1. The molecule has 0 saturated carbocycles. The van der Waals surface area contributed by atoms with E-state index >= 15 is 0 Å². The molecule has 1 amide bonds. The second kappa shape index (κ2) is 9.08. The SMILES string of the molecule is CCC(CC)NC(=O)CN1CCCC(c2nc(-c3cccc(F)c3)no2)C1. The molecule has 0 aliphatic carbocycles. The number of aromatic nitrogens is 2. The number of hydrogen-bond donors (Lipinski definition) is 1. The third-order valence-corrected chi connectivity index (χ3v) is 5.10. The van der Waals surface area contributed by atoms with E-state index in [1.165, 1.54) is 12.1 Å². The highest BCUT2D eigenvalue weighted by Crippen LogP contribution is 2.27. The number of nitrogens with one attached hydrogen (secondary N) is 1. The van der Waals surface area contributed by atoms with E-state index < -0.39 is 0 Å². The lowest BCUT2D eigenvalue weighted by atomic mass is 9.98. The average Bonchev–Trinajstić information content (AvgIpc) is 3.16. The van der Waals surface area contributed by atoms with Crippen LogP contribution in [0.3, 0.4) is 0 Å². The molecule has 2 heterocycles. The van der Waals surface area contributed by atoms with E-state index in [1.807, 2.05) is 0 Å². The Kier molecular flexibility index (Phi) is 6.55. The molecule has 1 aromatic heterocycles. The molecule has 3 rings (SSSR count). The number of rotatable bonds is 7. The van der Waals surface area contributed by atoms with Crippen molar-refractivity contribution in [1.82, 2.24) is 20.4 Å². The van der Waals surface area contributed by atoms with Crippen molar-refractivity contribution < 1.29 is 13.7 Å². The van der Waals surface area contributed by atoms with Crippen LogP contribution < -0.4 is 5.32 Å². The van der Waals surface area contributed by atoms with Crippen molar-refractivity contribution in [2.75, 3.05) is 19.6 Å². The van der Waals surface area contributed by atoms with Crippen molar-refractivity contribution >= 4 is 5.91 Å². The first-order valence-corrected chi connectivity index (χ1v) is 9.70. The van der Waals surface area contributed by atoms with Crippen molar-refractivity contribution in [2.45, 2.75) is 51.5 Å². The van der Waals surface area contributed by atoms with Gasteiger partial charge < -0.3 is 9.84 Å². The van der Waals surface area contributed by atoms with Crippen LogP contribution in [0.1, 0.15) is 51.3 Å². The summed E-state index contributed by atoms with van der Waals surface area (Å²) in [6, 6.07) is 6.40. The van der Waals surface area contributed by atoms with E-state index in [2.05, 4.69) is 34.2 Å². The predicted molar refractivity (Wildman–Crippen MR) is 101 cm³/mol. The summed E-state index contributed by atoms with van der Waals surface area (Å²) in [4.78, 5) is 18.9. The van der Waals surface area contributed by atoms with Crippen LogP contribution in [-0.2, 0) is 4.79 Å². The quantitative estimate of drug-likeness (QED) is 0.805. The van der Waals surface area contributed by atoms with Gasteiger partial charge in [0.15, 0.2) is 0 Å². The highest BCUT2D eigenvalue weighted by atomic mass is 19.1. The van der Waals surface area contributed by atoms with Gasteiger partial charge in [-0.2, -0.15) is 4.98 Å². The lowest BCUT2D eigenvalue weighted by Gasteiger charge is -2.30. The number of carbonyl (C=O) groups excluding carboxylic acids is 1. The van der Waals surface area contributed by atoms with Gasteiger partial charge in [0, 0.05) is 18.2 Å². The number of nitrogens with zero attached hydrogens (tertiary/aromatic N) is 3. The van der Waals surface area contributed by atoms with Gasteiger partial charge in [-0.3, -0.25) is 9.69 Å². The molecule has 7 heteroatoms. The van der Waals surface area contributed by atoms with E-state index in [0.717, 1.165) is 32.2 Å². The molecular formula is C20H27FN4O2. The van der Waals surface area contributed by atoms with E-state index in [1.54, 1.807) is 12.1 Å². The van der Waals surface area contributed by atoms with Crippen LogP contribution in [0.15, 0.2) is 28.8 Å². The summed E-state index contributed by atoms with van der Waals surface area (Å²) in [7, 11) is 0. The molecule has 146 valence electrons. The highest BCUT2D eigenvalue weighted by molar-refractivity contribution is 5.78. The van der Waals surface area contributed by atoms with E-state index in [9.17, 15) is 9.18 Å². The largest absolute Gasteiger partial charge is 0.352 e. The fraction of sp³-hybridized carbons (Fsp3) is 0.550. The summed E-state index contributed by atoms with van der Waals surface area (Å²) in [6.07, 6.45) is 3.79. The van der Waals surface area contributed by atoms with Crippen LogP contribution in [0.4, 0.5) is 4.39 Å². The number of halogens is 1. The average molecular weight is 374 g/mol. The molecule has 1 saturated heterocycles. The Labute approximate surface area is 159 Å². The van der Waals surface area contributed by atoms with Crippen LogP contribution >= 0.6 is 0 Å². The minimum Gasteiger partial charge on any atom is -0.352 e. The normalized spacial score (nSPS) is 18.0. The van der Waals surface area contributed by atoms with E-state index in [4.69, 9.17) is 4.52 Å². The Bertz CT molecular complexity index is 760. The number of carbonyl (C=O) groups is 1. The number of amides is 1. The summed E-state index contributed by atoms with van der Waals surface area (Å²) in [5, 5.41) is 7.08. The molecule has 2 aromatic rings. The molecule has 0 radical (unpaired) electrons. The molecular weight excluding hydrogens is 347 g/mol. The minimum absolute atomic E-state index is 0.0651. The molecule has 27 heavy (non-hydrogen) atoms. The zero-order chi connectivity index (χ0) is 19.2. The summed E-state index contributed by atoms with van der Waals surface area (Å²) >= 11 is 0. The molecule has 0 spiro atoms. The zero-order valence-electron chi connectivity index (χ0n) is 15.9. The lowest BCUT2D eigenvalue weighted by Crippen LogP contribution is -2.44. The van der Waals surface area contributed by atoms with Crippen molar-refractivity contribution in [1.29, 1.82) is 0 Å². The molecule has 6 nitrogen and oxygen atoms in total. The topological polar surface area (TPSA) is 71.3 Å². The molecule has 1 unspecified atom stereocenters. The van der Waals surface area contributed by atoms with Crippen molar-refractivity contribution in [3.05, 3.63) is 36.0 Å². The first kappa shape index (κ1) is 19.5. The molecule has 1 aliphatic heterocycles. The zero-order valence-corrected chi connectivity index (χ0v) is 15.9. The second-order valence-corrected chi connectivity index (χ2v) is 7.12. The van der Waals surface area contributed by atoms with Crippen molar-refractivity contribution in [2.24, 2.45) is 0 Å². The predicted octanol–water partition coefficient (Wildman–Crippen LogP) is 3.36. The van der Waals surface area contributed by atoms with Crippen LogP contribution in [0.5, 0.6) is 0 Å². The fourth-order valence-corrected chi connectivity index (χ4v) is 3.52. The molecule has 1 aromatic carbocycles. The van der Waals surface area contributed by atoms with Crippen LogP contribution in [0, 0.1) is 5.82 Å². The summed E-state index contributed by atoms with van der Waals surface area (Å²) in [6.45, 7) is 6.14. The van der Waals surface area contributed by atoms with Gasteiger partial charge in [0.25, 0.3) is 0 Å². The van der Waals surface area contributed by atoms with Gasteiger partial charge in [-0.25, -0.2) is 4.39 Å². The number of piperidine rings is 1. The van der Waals surface area contributed by atoms with Gasteiger partial charge in [-0.05, 0) is 44.4 Å². The van der Waals surface area contributed by atoms with E-state index in [0.29, 0.717) is 30.4 Å². The third-order valence-electron chi connectivity index (χ3n) is 5.10. The highest BCUT2D eigenvalue weighted by Gasteiger charge is 2.27. The summed E-state index contributed by atoms with van der Waals surface area (Å²) in [5.41, 5.74) is 0.599. The van der Waals surface area contributed by atoms with Gasteiger partial charge in [0.05, 0.1) is 12.5 Å². The van der Waals surface area contributed by atoms with Crippen LogP contribution in [0.25, 0.3) is 11.4 Å². The Morgan fingerprint density at radius 1 is 1.41 bits per heavy atom. The number of hydrogen-bond acceptors (Lipinski definition) is 5. The van der Waals surface area contributed by atoms with Gasteiger partial charge in [-0.15, -0.1) is 0 Å². The standard InChI is InChI=1S/C20H27FN4O2/c1-3-17(4-2)22-18(26)13-25-10-6-8-15(12-25)20-23-19(24-27-20)14-7-5-9-16(21)11-14/h5,7,9,11,15,17H,3-4,6,8,10,12-13H2,1-2H3,(H,22,26). The Hall–Kier alpha value is -2.28. The molecule has 1 aliphatic rings.